The summed E-state index contributed by atoms with van der Waals surface area (Å²) in [5.41, 5.74) is 2.74. The van der Waals surface area contributed by atoms with E-state index in [2.05, 4.69) is 24.3 Å². The first-order chi connectivity index (χ1) is 7.42. The highest BCUT2D eigenvalue weighted by Crippen LogP contribution is 2.29. The third-order valence-electron chi connectivity index (χ3n) is 2.60. The Morgan fingerprint density at radius 1 is 1.40 bits per heavy atom. The molecule has 2 nitrogen and oxygen atoms in total. The lowest BCUT2D eigenvalue weighted by molar-refractivity contribution is 0.0588. The zero-order chi connectivity index (χ0) is 10.5. The maximum absolute atomic E-state index is 8.73. The van der Waals surface area contributed by atoms with Crippen molar-refractivity contribution in [3.8, 4) is 0 Å². The fourth-order valence-corrected chi connectivity index (χ4v) is 2.66. The van der Waals surface area contributed by atoms with E-state index in [0.29, 0.717) is 0 Å². The first-order valence-corrected chi connectivity index (χ1v) is 6.45. The van der Waals surface area contributed by atoms with Crippen LogP contribution in [0.3, 0.4) is 0 Å². The molecule has 0 radical (unpaired) electrons. The Morgan fingerprint density at radius 2 is 2.27 bits per heavy atom. The van der Waals surface area contributed by atoms with E-state index < -0.39 is 0 Å². The van der Waals surface area contributed by atoms with E-state index in [1.54, 1.807) is 11.8 Å². The van der Waals surface area contributed by atoms with Gasteiger partial charge in [-0.2, -0.15) is 11.8 Å². The van der Waals surface area contributed by atoms with E-state index in [-0.39, 0.29) is 12.7 Å². The number of aliphatic hydroxyl groups excluding tert-OH is 1. The van der Waals surface area contributed by atoms with Gasteiger partial charge in [0.1, 0.15) is 0 Å². The van der Waals surface area contributed by atoms with Crippen LogP contribution < -0.4 is 0 Å². The SMILES string of the molecule is OCCSCC1OCCc2ccccc21. The van der Waals surface area contributed by atoms with E-state index in [4.69, 9.17) is 9.84 Å². The maximum atomic E-state index is 8.73. The third-order valence-corrected chi connectivity index (χ3v) is 3.61. The van der Waals surface area contributed by atoms with Crippen LogP contribution in [0.15, 0.2) is 24.3 Å². The van der Waals surface area contributed by atoms with Gasteiger partial charge in [0.05, 0.1) is 19.3 Å². The third kappa shape index (κ3) is 2.74. The van der Waals surface area contributed by atoms with Gasteiger partial charge in [-0.05, 0) is 17.5 Å². The zero-order valence-electron chi connectivity index (χ0n) is 8.69. The van der Waals surface area contributed by atoms with Crippen molar-refractivity contribution < 1.29 is 9.84 Å². The molecule has 0 saturated carbocycles. The molecule has 3 heteroatoms. The Balaban J connectivity index is 2.02. The molecule has 1 aromatic rings. The van der Waals surface area contributed by atoms with Crippen LogP contribution in [0.1, 0.15) is 17.2 Å². The van der Waals surface area contributed by atoms with Crippen molar-refractivity contribution in [3.05, 3.63) is 35.4 Å². The van der Waals surface area contributed by atoms with Crippen molar-refractivity contribution >= 4 is 11.8 Å². The van der Waals surface area contributed by atoms with Crippen LogP contribution in [0.4, 0.5) is 0 Å². The van der Waals surface area contributed by atoms with Crippen LogP contribution in [-0.4, -0.2) is 29.8 Å². The van der Waals surface area contributed by atoms with Crippen LogP contribution in [0, 0.1) is 0 Å². The van der Waals surface area contributed by atoms with Crippen molar-refractivity contribution in [2.45, 2.75) is 12.5 Å². The topological polar surface area (TPSA) is 29.5 Å². The van der Waals surface area contributed by atoms with Crippen LogP contribution in [0.25, 0.3) is 0 Å². The molecule has 1 aromatic carbocycles. The first kappa shape index (κ1) is 11.0. The molecule has 1 unspecified atom stereocenters. The average Bonchev–Trinajstić information content (AvgIpc) is 2.30. The fraction of sp³-hybridized carbons (Fsp3) is 0.500. The summed E-state index contributed by atoms with van der Waals surface area (Å²) in [7, 11) is 0. The van der Waals surface area contributed by atoms with Gasteiger partial charge in [-0.1, -0.05) is 24.3 Å². The first-order valence-electron chi connectivity index (χ1n) is 5.30. The number of hydrogen-bond donors (Lipinski definition) is 1. The van der Waals surface area contributed by atoms with Crippen molar-refractivity contribution in [2.24, 2.45) is 0 Å². The molecular formula is C12H16O2S. The molecule has 0 amide bonds. The molecule has 2 rings (SSSR count). The number of aliphatic hydroxyl groups is 1. The quantitative estimate of drug-likeness (QED) is 0.793. The molecule has 1 atom stereocenters. The molecule has 1 aliphatic heterocycles. The highest BCUT2D eigenvalue weighted by atomic mass is 32.2. The van der Waals surface area contributed by atoms with Gasteiger partial charge in [-0.3, -0.25) is 0 Å². The van der Waals surface area contributed by atoms with Gasteiger partial charge >= 0.3 is 0 Å². The molecule has 1 heterocycles. The average molecular weight is 224 g/mol. The van der Waals surface area contributed by atoms with Crippen LogP contribution in [0.2, 0.25) is 0 Å². The fourth-order valence-electron chi connectivity index (χ4n) is 1.87. The second-order valence-electron chi connectivity index (χ2n) is 3.61. The zero-order valence-corrected chi connectivity index (χ0v) is 9.50. The maximum Gasteiger partial charge on any atom is 0.0918 e. The van der Waals surface area contributed by atoms with Gasteiger partial charge in [0.15, 0.2) is 0 Å². The van der Waals surface area contributed by atoms with E-state index in [1.807, 2.05) is 0 Å². The van der Waals surface area contributed by atoms with Crippen LogP contribution in [-0.2, 0) is 11.2 Å². The lowest BCUT2D eigenvalue weighted by atomic mass is 9.99. The highest BCUT2D eigenvalue weighted by Gasteiger charge is 2.19. The molecule has 1 aliphatic rings. The van der Waals surface area contributed by atoms with E-state index in [1.165, 1.54) is 11.1 Å². The predicted molar refractivity (Wildman–Crippen MR) is 63.2 cm³/mol. The van der Waals surface area contributed by atoms with Gasteiger partial charge in [-0.25, -0.2) is 0 Å². The minimum Gasteiger partial charge on any atom is -0.396 e. The van der Waals surface area contributed by atoms with Crippen molar-refractivity contribution in [2.75, 3.05) is 24.7 Å². The molecule has 0 spiro atoms. The second-order valence-corrected chi connectivity index (χ2v) is 4.76. The second kappa shape index (κ2) is 5.54. The molecule has 0 fully saturated rings. The number of benzene rings is 1. The molecule has 0 aromatic heterocycles. The Bertz CT molecular complexity index is 314. The van der Waals surface area contributed by atoms with E-state index in [0.717, 1.165) is 24.5 Å². The number of fused-ring (bicyclic) bond motifs is 1. The Hall–Kier alpha value is -0.510. The Kier molecular flexibility index (Phi) is 4.06. The summed E-state index contributed by atoms with van der Waals surface area (Å²) in [4.78, 5) is 0. The summed E-state index contributed by atoms with van der Waals surface area (Å²) >= 11 is 1.75. The lowest BCUT2D eigenvalue weighted by Gasteiger charge is -2.25. The van der Waals surface area contributed by atoms with Crippen LogP contribution >= 0.6 is 11.8 Å². The monoisotopic (exact) mass is 224 g/mol. The minimum atomic E-state index is 0.214. The number of thioether (sulfide) groups is 1. The molecule has 82 valence electrons. The highest BCUT2D eigenvalue weighted by molar-refractivity contribution is 7.99. The van der Waals surface area contributed by atoms with Gasteiger partial charge in [0, 0.05) is 11.5 Å². The summed E-state index contributed by atoms with van der Waals surface area (Å²) < 4.78 is 5.75. The molecule has 0 bridgehead atoms. The summed E-state index contributed by atoms with van der Waals surface area (Å²) in [6.45, 7) is 1.07. The Morgan fingerprint density at radius 3 is 3.13 bits per heavy atom. The van der Waals surface area contributed by atoms with Crippen molar-refractivity contribution in [1.29, 1.82) is 0 Å². The largest absolute Gasteiger partial charge is 0.396 e. The Labute approximate surface area is 94.6 Å². The van der Waals surface area contributed by atoms with E-state index >= 15 is 0 Å². The van der Waals surface area contributed by atoms with Gasteiger partial charge < -0.3 is 9.84 Å². The molecular weight excluding hydrogens is 208 g/mol. The molecule has 15 heavy (non-hydrogen) atoms. The molecule has 1 N–H and O–H groups in total. The van der Waals surface area contributed by atoms with E-state index in [9.17, 15) is 0 Å². The number of ether oxygens (including phenoxy) is 1. The summed E-state index contributed by atoms with van der Waals surface area (Å²) in [5.74, 6) is 1.74. The lowest BCUT2D eigenvalue weighted by Crippen LogP contribution is -2.18. The number of rotatable bonds is 4. The van der Waals surface area contributed by atoms with Crippen molar-refractivity contribution in [3.63, 3.8) is 0 Å². The predicted octanol–water partition coefficient (Wildman–Crippen LogP) is 2.03. The smallest absolute Gasteiger partial charge is 0.0918 e. The minimum absolute atomic E-state index is 0.214. The molecule has 0 saturated heterocycles. The summed E-state index contributed by atoms with van der Waals surface area (Å²) in [6, 6.07) is 8.49. The van der Waals surface area contributed by atoms with Gasteiger partial charge in [-0.15, -0.1) is 0 Å². The molecule has 0 aliphatic carbocycles. The van der Waals surface area contributed by atoms with Crippen molar-refractivity contribution in [1.82, 2.24) is 0 Å². The standard InChI is InChI=1S/C12H16O2S/c13-6-8-15-9-12-11-4-2-1-3-10(11)5-7-14-12/h1-4,12-13H,5-9H2. The van der Waals surface area contributed by atoms with Gasteiger partial charge in [0.2, 0.25) is 0 Å². The summed E-state index contributed by atoms with van der Waals surface area (Å²) in [5, 5.41) is 8.73. The normalized spacial score (nSPS) is 19.9. The number of hydrogen-bond acceptors (Lipinski definition) is 3. The summed E-state index contributed by atoms with van der Waals surface area (Å²) in [6.07, 6.45) is 1.24. The van der Waals surface area contributed by atoms with Crippen LogP contribution in [0.5, 0.6) is 0 Å². The van der Waals surface area contributed by atoms with Gasteiger partial charge in [0.25, 0.3) is 0 Å².